The minimum atomic E-state index is -0.285. The predicted molar refractivity (Wildman–Crippen MR) is 104 cm³/mol. The number of rotatable bonds is 5. The number of hydrogen-bond acceptors (Lipinski definition) is 5. The van der Waals surface area contributed by atoms with Crippen LogP contribution in [0.15, 0.2) is 42.5 Å². The Hall–Kier alpha value is -1.81. The fourth-order valence-electron chi connectivity index (χ4n) is 2.30. The zero-order valence-corrected chi connectivity index (χ0v) is 15.6. The number of hydrogen-bond donors (Lipinski definition) is 1. The second kappa shape index (κ2) is 8.52. The van der Waals surface area contributed by atoms with E-state index in [0.29, 0.717) is 26.6 Å². The molecule has 1 amide bonds. The molecule has 0 spiro atoms. The molecule has 0 bridgehead atoms. The van der Waals surface area contributed by atoms with E-state index in [1.165, 1.54) is 17.1 Å². The molecule has 2 aromatic carbocycles. The maximum absolute atomic E-state index is 12.0. The summed E-state index contributed by atoms with van der Waals surface area (Å²) in [4.78, 5) is 12.0. The number of carbonyl (C=O) groups excluding carboxylic acids is 1. The number of nitrogens with one attached hydrogen (secondary N) is 1. The highest BCUT2D eigenvalue weighted by atomic mass is 35.5. The Morgan fingerprint density at radius 1 is 1.24 bits per heavy atom. The van der Waals surface area contributed by atoms with Gasteiger partial charge in [0.25, 0.3) is 5.91 Å². The number of ether oxygens (including phenoxy) is 1. The molecule has 1 aliphatic rings. The summed E-state index contributed by atoms with van der Waals surface area (Å²) < 4.78 is 6.02. The maximum Gasteiger partial charge on any atom is 0.262 e. The average molecular weight is 391 g/mol. The van der Waals surface area contributed by atoms with Crippen LogP contribution in [0.5, 0.6) is 5.75 Å². The third kappa shape index (κ3) is 4.85. The van der Waals surface area contributed by atoms with Crippen LogP contribution < -0.4 is 10.1 Å². The Morgan fingerprint density at radius 3 is 2.60 bits per heavy atom. The lowest BCUT2D eigenvalue weighted by Gasteiger charge is -2.11. The van der Waals surface area contributed by atoms with E-state index in [0.717, 1.165) is 0 Å². The summed E-state index contributed by atoms with van der Waals surface area (Å²) in [7, 11) is 0. The molecule has 0 radical (unpaired) electrons. The van der Waals surface area contributed by atoms with Gasteiger partial charge in [0.05, 0.1) is 15.2 Å². The van der Waals surface area contributed by atoms with E-state index < -0.39 is 0 Å². The molecule has 1 heterocycles. The number of halogens is 1. The van der Waals surface area contributed by atoms with Crippen molar-refractivity contribution in [3.63, 3.8) is 0 Å². The zero-order chi connectivity index (χ0) is 17.6. The van der Waals surface area contributed by atoms with Gasteiger partial charge in [0.15, 0.2) is 6.61 Å². The van der Waals surface area contributed by atoms with Gasteiger partial charge in [-0.25, -0.2) is 0 Å². The Balaban J connectivity index is 1.52. The highest BCUT2D eigenvalue weighted by molar-refractivity contribution is 8.19. The Labute approximate surface area is 159 Å². The third-order valence-corrected chi connectivity index (χ3v) is 6.93. The molecular formula is C18H15ClN2O2S2. The van der Waals surface area contributed by atoms with Crippen LogP contribution in [0.2, 0.25) is 5.02 Å². The van der Waals surface area contributed by atoms with E-state index in [1.807, 2.05) is 53.9 Å². The molecule has 0 aliphatic carbocycles. The smallest absolute Gasteiger partial charge is 0.262 e. The molecule has 0 atom stereocenters. The fourth-order valence-corrected chi connectivity index (χ4v) is 5.38. The van der Waals surface area contributed by atoms with Crippen molar-refractivity contribution in [3.8, 4) is 11.8 Å². The molecule has 7 heteroatoms. The summed E-state index contributed by atoms with van der Waals surface area (Å²) in [6, 6.07) is 14.6. The van der Waals surface area contributed by atoms with E-state index in [4.69, 9.17) is 21.6 Å². The normalized spacial score (nSPS) is 14.1. The van der Waals surface area contributed by atoms with E-state index in [9.17, 15) is 4.79 Å². The van der Waals surface area contributed by atoms with Crippen molar-refractivity contribution >= 4 is 46.7 Å². The standard InChI is InChI=1S/C18H15ClN2O2S2/c19-16-9-14(4-1-13(16)10-20)21-17(22)11-23-15-5-2-12(3-6-15)18-24-7-8-25-18/h1-6,9,18H,7-8,11H2,(H,21,22). The van der Waals surface area contributed by atoms with Gasteiger partial charge in [0.2, 0.25) is 0 Å². The van der Waals surface area contributed by atoms with Gasteiger partial charge in [-0.15, -0.1) is 23.5 Å². The summed E-state index contributed by atoms with van der Waals surface area (Å²) in [6.07, 6.45) is 0. The lowest BCUT2D eigenvalue weighted by atomic mass is 10.2. The number of nitrogens with zero attached hydrogens (tertiary/aromatic N) is 1. The first kappa shape index (κ1) is 18.0. The van der Waals surface area contributed by atoms with Gasteiger partial charge < -0.3 is 10.1 Å². The van der Waals surface area contributed by atoms with Gasteiger partial charge in [-0.3, -0.25) is 4.79 Å². The summed E-state index contributed by atoms with van der Waals surface area (Å²) in [5.74, 6) is 2.75. The van der Waals surface area contributed by atoms with Crippen LogP contribution in [0.3, 0.4) is 0 Å². The SMILES string of the molecule is N#Cc1ccc(NC(=O)COc2ccc(C3SCCS3)cc2)cc1Cl. The predicted octanol–water partition coefficient (Wildman–Crippen LogP) is 4.71. The van der Waals surface area contributed by atoms with Gasteiger partial charge in [-0.2, -0.15) is 5.26 Å². The third-order valence-electron chi connectivity index (χ3n) is 3.52. The zero-order valence-electron chi connectivity index (χ0n) is 13.2. The van der Waals surface area contributed by atoms with Crippen molar-refractivity contribution in [2.75, 3.05) is 23.4 Å². The van der Waals surface area contributed by atoms with Crippen LogP contribution in [0.4, 0.5) is 5.69 Å². The Bertz CT molecular complexity index is 800. The Morgan fingerprint density at radius 2 is 1.96 bits per heavy atom. The molecule has 0 saturated carbocycles. The highest BCUT2D eigenvalue weighted by Gasteiger charge is 2.18. The first-order valence-electron chi connectivity index (χ1n) is 7.61. The minimum absolute atomic E-state index is 0.0934. The molecule has 1 saturated heterocycles. The summed E-state index contributed by atoms with van der Waals surface area (Å²) in [5, 5.41) is 11.8. The summed E-state index contributed by atoms with van der Waals surface area (Å²) >= 11 is 9.85. The number of anilines is 1. The first-order chi connectivity index (χ1) is 12.2. The summed E-state index contributed by atoms with van der Waals surface area (Å²) in [6.45, 7) is -0.0934. The largest absolute Gasteiger partial charge is 0.484 e. The molecule has 0 aromatic heterocycles. The topological polar surface area (TPSA) is 62.1 Å². The van der Waals surface area contributed by atoms with Crippen molar-refractivity contribution in [2.45, 2.75) is 4.58 Å². The van der Waals surface area contributed by atoms with Crippen LogP contribution in [0, 0.1) is 11.3 Å². The van der Waals surface area contributed by atoms with Crippen molar-refractivity contribution in [1.29, 1.82) is 5.26 Å². The van der Waals surface area contributed by atoms with Crippen molar-refractivity contribution < 1.29 is 9.53 Å². The van der Waals surface area contributed by atoms with Crippen molar-refractivity contribution in [3.05, 3.63) is 58.6 Å². The molecular weight excluding hydrogens is 376 g/mol. The molecule has 2 aromatic rings. The molecule has 0 unspecified atom stereocenters. The number of amides is 1. The molecule has 3 rings (SSSR count). The highest BCUT2D eigenvalue weighted by Crippen LogP contribution is 2.45. The van der Waals surface area contributed by atoms with Gasteiger partial charge in [0, 0.05) is 17.2 Å². The van der Waals surface area contributed by atoms with E-state index >= 15 is 0 Å². The number of thioether (sulfide) groups is 2. The molecule has 1 N–H and O–H groups in total. The lowest BCUT2D eigenvalue weighted by Crippen LogP contribution is -2.20. The minimum Gasteiger partial charge on any atom is -0.484 e. The molecule has 1 fully saturated rings. The molecule has 1 aliphatic heterocycles. The molecule has 4 nitrogen and oxygen atoms in total. The van der Waals surface area contributed by atoms with Crippen LogP contribution in [-0.4, -0.2) is 24.0 Å². The maximum atomic E-state index is 12.0. The van der Waals surface area contributed by atoms with Gasteiger partial charge in [0.1, 0.15) is 11.8 Å². The monoisotopic (exact) mass is 390 g/mol. The van der Waals surface area contributed by atoms with E-state index in [2.05, 4.69) is 5.32 Å². The van der Waals surface area contributed by atoms with Crippen molar-refractivity contribution in [1.82, 2.24) is 0 Å². The molecule has 128 valence electrons. The summed E-state index contributed by atoms with van der Waals surface area (Å²) in [5.41, 5.74) is 2.18. The number of nitriles is 1. The van der Waals surface area contributed by atoms with Gasteiger partial charge in [-0.05, 0) is 35.9 Å². The lowest BCUT2D eigenvalue weighted by molar-refractivity contribution is -0.118. The number of carbonyl (C=O) groups is 1. The van der Waals surface area contributed by atoms with Crippen LogP contribution in [-0.2, 0) is 4.79 Å². The Kier molecular flexibility index (Phi) is 6.14. The van der Waals surface area contributed by atoms with E-state index in [-0.39, 0.29) is 12.5 Å². The first-order valence-corrected chi connectivity index (χ1v) is 10.1. The average Bonchev–Trinajstić information content (AvgIpc) is 3.15. The van der Waals surface area contributed by atoms with Gasteiger partial charge in [-0.1, -0.05) is 23.7 Å². The van der Waals surface area contributed by atoms with Crippen LogP contribution in [0.25, 0.3) is 0 Å². The van der Waals surface area contributed by atoms with E-state index in [1.54, 1.807) is 18.2 Å². The van der Waals surface area contributed by atoms with Crippen LogP contribution >= 0.6 is 35.1 Å². The number of benzene rings is 2. The quantitative estimate of drug-likeness (QED) is 0.801. The fraction of sp³-hybridized carbons (Fsp3) is 0.222. The second-order valence-electron chi connectivity index (χ2n) is 5.29. The van der Waals surface area contributed by atoms with Gasteiger partial charge >= 0.3 is 0 Å². The van der Waals surface area contributed by atoms with Crippen molar-refractivity contribution in [2.24, 2.45) is 0 Å². The molecule has 25 heavy (non-hydrogen) atoms. The second-order valence-corrected chi connectivity index (χ2v) is 8.42. The van der Waals surface area contributed by atoms with Crippen LogP contribution in [0.1, 0.15) is 15.7 Å².